The van der Waals surface area contributed by atoms with Crippen LogP contribution in [0.2, 0.25) is 0 Å². The highest BCUT2D eigenvalue weighted by Crippen LogP contribution is 2.31. The molecule has 6 nitrogen and oxygen atoms in total. The van der Waals surface area contributed by atoms with Crippen LogP contribution in [-0.4, -0.2) is 57.9 Å². The van der Waals surface area contributed by atoms with Gasteiger partial charge in [0.05, 0.1) is 11.4 Å². The summed E-state index contributed by atoms with van der Waals surface area (Å²) in [6.07, 6.45) is 13.6. The van der Waals surface area contributed by atoms with Gasteiger partial charge in [0.15, 0.2) is 0 Å². The van der Waals surface area contributed by atoms with E-state index < -0.39 is 16.4 Å². The lowest BCUT2D eigenvalue weighted by Gasteiger charge is -2.23. The molecule has 0 fully saturated rings. The second-order valence-electron chi connectivity index (χ2n) is 10.5. The summed E-state index contributed by atoms with van der Waals surface area (Å²) in [4.78, 5) is 24.1. The predicted octanol–water partition coefficient (Wildman–Crippen LogP) is 7.48. The zero-order valence-electron chi connectivity index (χ0n) is 23.7. The SMILES string of the molecule is CCCCCCCCCCCCSC(=S)SC(C)(C)C(=O)NCCCOCCNC(=O)OC(C)(C)C. The molecular formula is C27H52N2O4S3. The van der Waals surface area contributed by atoms with Crippen molar-refractivity contribution in [3.63, 3.8) is 0 Å². The van der Waals surface area contributed by atoms with Gasteiger partial charge in [-0.1, -0.05) is 88.7 Å². The van der Waals surface area contributed by atoms with Crippen molar-refractivity contribution in [2.45, 2.75) is 123 Å². The first-order valence-corrected chi connectivity index (χ1v) is 15.9. The first-order valence-electron chi connectivity index (χ1n) is 13.7. The molecule has 2 amide bonds. The molecule has 0 rings (SSSR count). The van der Waals surface area contributed by atoms with Crippen LogP contribution >= 0.6 is 35.7 Å². The molecule has 0 spiro atoms. The first kappa shape index (κ1) is 35.5. The van der Waals surface area contributed by atoms with Crippen molar-refractivity contribution in [3.8, 4) is 0 Å². The average molecular weight is 565 g/mol. The average Bonchev–Trinajstić information content (AvgIpc) is 2.77. The lowest BCUT2D eigenvalue weighted by atomic mass is 10.1. The minimum Gasteiger partial charge on any atom is -0.444 e. The Balaban J connectivity index is 3.73. The molecule has 0 saturated heterocycles. The number of alkyl carbamates (subject to hydrolysis) is 1. The van der Waals surface area contributed by atoms with E-state index in [1.165, 1.54) is 76.0 Å². The number of carbonyl (C=O) groups is 2. The summed E-state index contributed by atoms with van der Waals surface area (Å²) in [7, 11) is 0. The van der Waals surface area contributed by atoms with E-state index in [1.807, 2.05) is 34.6 Å². The summed E-state index contributed by atoms with van der Waals surface area (Å²) >= 11 is 8.69. The Bertz CT molecular complexity index is 610. The minimum atomic E-state index is -0.597. The summed E-state index contributed by atoms with van der Waals surface area (Å²) in [5.74, 6) is 1.01. The number of nitrogens with one attached hydrogen (secondary N) is 2. The van der Waals surface area contributed by atoms with Crippen LogP contribution in [0.5, 0.6) is 0 Å². The standard InChI is InChI=1S/C27H52N2O4S3/c1-7-8-9-10-11-12-13-14-15-16-22-35-25(34)36-27(5,6)23(30)28-18-17-20-32-21-19-29-24(31)33-26(2,3)4/h7-22H2,1-6H3,(H,28,30)(H,29,31). The predicted molar refractivity (Wildman–Crippen MR) is 161 cm³/mol. The van der Waals surface area contributed by atoms with Gasteiger partial charge in [0.1, 0.15) is 9.13 Å². The van der Waals surface area contributed by atoms with E-state index in [1.54, 1.807) is 11.8 Å². The number of hydrogen-bond acceptors (Lipinski definition) is 7. The Labute approximate surface area is 234 Å². The van der Waals surface area contributed by atoms with Crippen molar-refractivity contribution >= 4 is 51.3 Å². The summed E-state index contributed by atoms with van der Waals surface area (Å²) in [5.41, 5.74) is -0.510. The molecule has 0 aliphatic rings. The van der Waals surface area contributed by atoms with Gasteiger partial charge in [-0.05, 0) is 53.2 Å². The number of hydrogen-bond donors (Lipinski definition) is 2. The minimum absolute atomic E-state index is 0.0130. The summed E-state index contributed by atoms with van der Waals surface area (Å²) in [5, 5.41) is 5.63. The third-order valence-corrected chi connectivity index (χ3v) is 8.07. The van der Waals surface area contributed by atoms with Gasteiger partial charge in [0.25, 0.3) is 0 Å². The summed E-state index contributed by atoms with van der Waals surface area (Å²) < 4.78 is 10.9. The lowest BCUT2D eigenvalue weighted by Crippen LogP contribution is -2.40. The molecule has 212 valence electrons. The number of rotatable bonds is 20. The van der Waals surface area contributed by atoms with E-state index in [4.69, 9.17) is 21.7 Å². The molecule has 0 unspecified atom stereocenters. The maximum absolute atomic E-state index is 12.6. The van der Waals surface area contributed by atoms with Gasteiger partial charge in [-0.2, -0.15) is 0 Å². The van der Waals surface area contributed by atoms with Crippen molar-refractivity contribution in [2.75, 3.05) is 32.1 Å². The molecule has 0 saturated carbocycles. The van der Waals surface area contributed by atoms with E-state index in [9.17, 15) is 9.59 Å². The van der Waals surface area contributed by atoms with Crippen LogP contribution in [0.1, 0.15) is 112 Å². The van der Waals surface area contributed by atoms with E-state index in [2.05, 4.69) is 17.6 Å². The third-order valence-electron chi connectivity index (χ3n) is 5.27. The normalized spacial score (nSPS) is 11.8. The van der Waals surface area contributed by atoms with Gasteiger partial charge < -0.3 is 20.1 Å². The third kappa shape index (κ3) is 22.7. The van der Waals surface area contributed by atoms with Crippen LogP contribution in [0.25, 0.3) is 0 Å². The highest BCUT2D eigenvalue weighted by atomic mass is 32.2. The number of amides is 2. The summed E-state index contributed by atoms with van der Waals surface area (Å²) in [6.45, 7) is 13.4. The Morgan fingerprint density at radius 2 is 1.36 bits per heavy atom. The van der Waals surface area contributed by atoms with Crippen LogP contribution in [0.15, 0.2) is 0 Å². The second kappa shape index (κ2) is 21.4. The number of ether oxygens (including phenoxy) is 2. The highest BCUT2D eigenvalue weighted by molar-refractivity contribution is 8.47. The monoisotopic (exact) mass is 564 g/mol. The van der Waals surface area contributed by atoms with Crippen LogP contribution < -0.4 is 10.6 Å². The van der Waals surface area contributed by atoms with E-state index in [0.717, 1.165) is 9.28 Å². The molecule has 0 aromatic rings. The zero-order valence-corrected chi connectivity index (χ0v) is 26.1. The maximum atomic E-state index is 12.6. The smallest absolute Gasteiger partial charge is 0.407 e. The number of thiocarbonyl (C=S) groups is 1. The number of unbranched alkanes of at least 4 members (excludes halogenated alkanes) is 9. The molecule has 9 heteroatoms. The Kier molecular flexibility index (Phi) is 21.1. The van der Waals surface area contributed by atoms with Gasteiger partial charge in [0.2, 0.25) is 5.91 Å². The Morgan fingerprint density at radius 1 is 0.778 bits per heavy atom. The largest absolute Gasteiger partial charge is 0.444 e. The molecule has 0 heterocycles. The van der Waals surface area contributed by atoms with Gasteiger partial charge in [-0.15, -0.1) is 11.8 Å². The maximum Gasteiger partial charge on any atom is 0.407 e. The van der Waals surface area contributed by atoms with Crippen molar-refractivity contribution in [1.29, 1.82) is 0 Å². The van der Waals surface area contributed by atoms with Crippen molar-refractivity contribution in [1.82, 2.24) is 10.6 Å². The molecule has 0 bridgehead atoms. The highest BCUT2D eigenvalue weighted by Gasteiger charge is 2.29. The van der Waals surface area contributed by atoms with Crippen molar-refractivity contribution in [3.05, 3.63) is 0 Å². The van der Waals surface area contributed by atoms with E-state index in [-0.39, 0.29) is 5.91 Å². The van der Waals surface area contributed by atoms with Crippen LogP contribution in [0.4, 0.5) is 4.79 Å². The molecule has 0 radical (unpaired) electrons. The molecule has 36 heavy (non-hydrogen) atoms. The number of thioether (sulfide) groups is 2. The summed E-state index contributed by atoms with van der Waals surface area (Å²) in [6, 6.07) is 0. The molecule has 0 aliphatic carbocycles. The van der Waals surface area contributed by atoms with Crippen LogP contribution in [0.3, 0.4) is 0 Å². The number of carbonyl (C=O) groups excluding carboxylic acids is 2. The quantitative estimate of drug-likeness (QED) is 0.117. The van der Waals surface area contributed by atoms with Crippen LogP contribution in [-0.2, 0) is 14.3 Å². The first-order chi connectivity index (χ1) is 17.0. The lowest BCUT2D eigenvalue weighted by molar-refractivity contribution is -0.122. The fraction of sp³-hybridized carbons (Fsp3) is 0.889. The van der Waals surface area contributed by atoms with Crippen molar-refractivity contribution < 1.29 is 19.1 Å². The Morgan fingerprint density at radius 3 is 1.94 bits per heavy atom. The molecular weight excluding hydrogens is 513 g/mol. The molecule has 2 N–H and O–H groups in total. The Hall–Kier alpha value is -0.510. The van der Waals surface area contributed by atoms with E-state index >= 15 is 0 Å². The fourth-order valence-electron chi connectivity index (χ4n) is 3.26. The van der Waals surface area contributed by atoms with Gasteiger partial charge in [-0.3, -0.25) is 4.79 Å². The van der Waals surface area contributed by atoms with Gasteiger partial charge in [-0.25, -0.2) is 4.79 Å². The topological polar surface area (TPSA) is 76.7 Å². The van der Waals surface area contributed by atoms with Gasteiger partial charge in [0, 0.05) is 19.7 Å². The molecule has 0 atom stereocenters. The fourth-order valence-corrected chi connectivity index (χ4v) is 6.34. The molecule has 0 aromatic carbocycles. The van der Waals surface area contributed by atoms with Gasteiger partial charge >= 0.3 is 6.09 Å². The molecule has 0 aliphatic heterocycles. The second-order valence-corrected chi connectivity index (χ2v) is 14.5. The van der Waals surface area contributed by atoms with E-state index in [0.29, 0.717) is 32.7 Å². The zero-order chi connectivity index (χ0) is 27.3. The van der Waals surface area contributed by atoms with Crippen molar-refractivity contribution in [2.24, 2.45) is 0 Å². The van der Waals surface area contributed by atoms with Crippen LogP contribution in [0, 0.1) is 0 Å². The molecule has 0 aromatic heterocycles.